The second kappa shape index (κ2) is 9.88. The van der Waals surface area contributed by atoms with Gasteiger partial charge in [-0.15, -0.1) is 0 Å². The molecule has 0 saturated carbocycles. The average molecular weight is 451 g/mol. The molecular formula is C22H18Cl3NO3. The molecule has 3 aromatic rings. The van der Waals surface area contributed by atoms with Crippen molar-refractivity contribution >= 4 is 46.4 Å². The Hall–Kier alpha value is -2.40. The van der Waals surface area contributed by atoms with E-state index in [9.17, 15) is 4.79 Å². The zero-order valence-corrected chi connectivity index (χ0v) is 17.8. The molecule has 0 aliphatic rings. The molecule has 0 atom stereocenters. The third kappa shape index (κ3) is 6.04. The number of rotatable bonds is 7. The van der Waals surface area contributed by atoms with E-state index in [4.69, 9.17) is 44.3 Å². The lowest BCUT2D eigenvalue weighted by Gasteiger charge is -2.13. The normalized spacial score (nSPS) is 10.5. The third-order valence-corrected chi connectivity index (χ3v) is 5.08. The summed E-state index contributed by atoms with van der Waals surface area (Å²) in [5.74, 6) is 1.56. The zero-order chi connectivity index (χ0) is 20.8. The SMILES string of the molecule is COc1cccc(Oc2ccc(Cl)cc2NC(=O)CCc2ccc(Cl)c(Cl)c2)c1. The lowest BCUT2D eigenvalue weighted by atomic mass is 10.1. The molecule has 0 aliphatic carbocycles. The van der Waals surface area contributed by atoms with E-state index in [0.29, 0.717) is 44.4 Å². The average Bonchev–Trinajstić information content (AvgIpc) is 2.71. The van der Waals surface area contributed by atoms with Crippen LogP contribution in [0.2, 0.25) is 15.1 Å². The van der Waals surface area contributed by atoms with Gasteiger partial charge in [-0.05, 0) is 54.4 Å². The Bertz CT molecular complexity index is 1020. The first kappa shape index (κ1) is 21.3. The molecule has 0 radical (unpaired) electrons. The molecule has 0 heterocycles. The maximum atomic E-state index is 12.5. The van der Waals surface area contributed by atoms with Crippen LogP contribution in [0.15, 0.2) is 60.7 Å². The number of carbonyl (C=O) groups is 1. The molecule has 0 aliphatic heterocycles. The first-order valence-corrected chi connectivity index (χ1v) is 9.93. The fourth-order valence-corrected chi connectivity index (χ4v) is 3.14. The number of halogens is 3. The molecule has 4 nitrogen and oxygen atoms in total. The van der Waals surface area contributed by atoms with Crippen molar-refractivity contribution in [1.82, 2.24) is 0 Å². The van der Waals surface area contributed by atoms with Crippen LogP contribution in [-0.2, 0) is 11.2 Å². The lowest BCUT2D eigenvalue weighted by molar-refractivity contribution is -0.116. The molecule has 0 fully saturated rings. The minimum atomic E-state index is -0.172. The molecule has 7 heteroatoms. The van der Waals surface area contributed by atoms with Crippen LogP contribution in [0.25, 0.3) is 0 Å². The summed E-state index contributed by atoms with van der Waals surface area (Å²) >= 11 is 18.0. The monoisotopic (exact) mass is 449 g/mol. The first-order valence-electron chi connectivity index (χ1n) is 8.80. The van der Waals surface area contributed by atoms with Crippen molar-refractivity contribution in [3.8, 4) is 17.2 Å². The van der Waals surface area contributed by atoms with Crippen molar-refractivity contribution in [3.63, 3.8) is 0 Å². The Kier molecular flexibility index (Phi) is 7.26. The molecule has 0 aromatic heterocycles. The van der Waals surface area contributed by atoms with Crippen LogP contribution < -0.4 is 14.8 Å². The number of nitrogens with one attached hydrogen (secondary N) is 1. The van der Waals surface area contributed by atoms with Gasteiger partial charge in [0.15, 0.2) is 5.75 Å². The van der Waals surface area contributed by atoms with Crippen molar-refractivity contribution in [2.45, 2.75) is 12.8 Å². The Morgan fingerprint density at radius 2 is 1.72 bits per heavy atom. The third-order valence-electron chi connectivity index (χ3n) is 4.11. The molecule has 1 N–H and O–H groups in total. The molecule has 1 amide bonds. The number of amides is 1. The smallest absolute Gasteiger partial charge is 0.224 e. The standard InChI is InChI=1S/C22H18Cl3NO3/c1-28-16-3-2-4-17(13-16)29-21-9-7-15(23)12-20(21)26-22(27)10-6-14-5-8-18(24)19(25)11-14/h2-5,7-9,11-13H,6,10H2,1H3,(H,26,27). The molecule has 0 bridgehead atoms. The van der Waals surface area contributed by atoms with Crippen LogP contribution in [0.5, 0.6) is 17.2 Å². The fourth-order valence-electron chi connectivity index (χ4n) is 2.65. The number of carbonyl (C=O) groups excluding carboxylic acids is 1. The van der Waals surface area contributed by atoms with Crippen LogP contribution in [0.4, 0.5) is 5.69 Å². The van der Waals surface area contributed by atoms with Crippen molar-refractivity contribution < 1.29 is 14.3 Å². The van der Waals surface area contributed by atoms with Gasteiger partial charge in [0.1, 0.15) is 11.5 Å². The van der Waals surface area contributed by atoms with Gasteiger partial charge in [0.25, 0.3) is 0 Å². The summed E-state index contributed by atoms with van der Waals surface area (Å²) in [7, 11) is 1.58. The first-order chi connectivity index (χ1) is 13.9. The number of ether oxygens (including phenoxy) is 2. The molecule has 3 aromatic carbocycles. The number of methoxy groups -OCH3 is 1. The van der Waals surface area contributed by atoms with Crippen LogP contribution in [0.3, 0.4) is 0 Å². The van der Waals surface area contributed by atoms with Gasteiger partial charge >= 0.3 is 0 Å². The van der Waals surface area contributed by atoms with Gasteiger partial charge in [-0.3, -0.25) is 4.79 Å². The second-order valence-corrected chi connectivity index (χ2v) is 7.47. The van der Waals surface area contributed by atoms with Gasteiger partial charge in [0.2, 0.25) is 5.91 Å². The van der Waals surface area contributed by atoms with Crippen LogP contribution >= 0.6 is 34.8 Å². The van der Waals surface area contributed by atoms with Crippen molar-refractivity contribution in [2.24, 2.45) is 0 Å². The van der Waals surface area contributed by atoms with Crippen molar-refractivity contribution in [2.75, 3.05) is 12.4 Å². The van der Waals surface area contributed by atoms with Crippen LogP contribution in [-0.4, -0.2) is 13.0 Å². The Balaban J connectivity index is 1.69. The van der Waals surface area contributed by atoms with E-state index in [-0.39, 0.29) is 12.3 Å². The molecule has 0 spiro atoms. The number of hydrogen-bond acceptors (Lipinski definition) is 3. The molecular weight excluding hydrogens is 433 g/mol. The van der Waals surface area contributed by atoms with Crippen molar-refractivity contribution in [1.29, 1.82) is 0 Å². The Morgan fingerprint density at radius 3 is 2.48 bits per heavy atom. The van der Waals surface area contributed by atoms with E-state index >= 15 is 0 Å². The quantitative estimate of drug-likeness (QED) is 0.421. The minimum Gasteiger partial charge on any atom is -0.497 e. The van der Waals surface area contributed by atoms with Gasteiger partial charge < -0.3 is 14.8 Å². The highest BCUT2D eigenvalue weighted by Gasteiger charge is 2.11. The molecule has 3 rings (SSSR count). The van der Waals surface area contributed by atoms with Gasteiger partial charge in [0, 0.05) is 17.5 Å². The number of benzene rings is 3. The van der Waals surface area contributed by atoms with Gasteiger partial charge in [-0.25, -0.2) is 0 Å². The minimum absolute atomic E-state index is 0.172. The Labute approximate surface area is 184 Å². The highest BCUT2D eigenvalue weighted by molar-refractivity contribution is 6.42. The maximum absolute atomic E-state index is 12.5. The molecule has 29 heavy (non-hydrogen) atoms. The van der Waals surface area contributed by atoms with Crippen LogP contribution in [0, 0.1) is 0 Å². The summed E-state index contributed by atoms with van der Waals surface area (Å²) in [6.07, 6.45) is 0.790. The zero-order valence-electron chi connectivity index (χ0n) is 15.5. The predicted octanol–water partition coefficient (Wildman–Crippen LogP) is 7.02. The highest BCUT2D eigenvalue weighted by Crippen LogP contribution is 2.33. The second-order valence-electron chi connectivity index (χ2n) is 6.22. The molecule has 0 saturated heterocycles. The van der Waals surface area contributed by atoms with E-state index in [0.717, 1.165) is 5.56 Å². The summed E-state index contributed by atoms with van der Waals surface area (Å²) in [5.41, 5.74) is 1.41. The van der Waals surface area contributed by atoms with E-state index in [1.54, 1.807) is 49.6 Å². The van der Waals surface area contributed by atoms with E-state index in [2.05, 4.69) is 5.32 Å². The summed E-state index contributed by atoms with van der Waals surface area (Å²) in [6, 6.07) is 17.6. The Morgan fingerprint density at radius 1 is 0.931 bits per heavy atom. The topological polar surface area (TPSA) is 47.6 Å². The predicted molar refractivity (Wildman–Crippen MR) is 118 cm³/mol. The van der Waals surface area contributed by atoms with Gasteiger partial charge in [0.05, 0.1) is 22.8 Å². The van der Waals surface area contributed by atoms with Gasteiger partial charge in [-0.1, -0.05) is 46.9 Å². The summed E-state index contributed by atoms with van der Waals surface area (Å²) in [6.45, 7) is 0. The van der Waals surface area contributed by atoms with Crippen molar-refractivity contribution in [3.05, 3.63) is 81.3 Å². The van der Waals surface area contributed by atoms with E-state index in [1.165, 1.54) is 0 Å². The molecule has 0 unspecified atom stereocenters. The van der Waals surface area contributed by atoms with E-state index in [1.807, 2.05) is 18.2 Å². The summed E-state index contributed by atoms with van der Waals surface area (Å²) in [4.78, 5) is 12.5. The number of aryl methyl sites for hydroxylation is 1. The summed E-state index contributed by atoms with van der Waals surface area (Å²) < 4.78 is 11.1. The number of hydrogen-bond donors (Lipinski definition) is 1. The highest BCUT2D eigenvalue weighted by atomic mass is 35.5. The van der Waals surface area contributed by atoms with Gasteiger partial charge in [-0.2, -0.15) is 0 Å². The number of anilines is 1. The largest absolute Gasteiger partial charge is 0.497 e. The summed E-state index contributed by atoms with van der Waals surface area (Å²) in [5, 5.41) is 4.30. The lowest BCUT2D eigenvalue weighted by Crippen LogP contribution is -2.13. The maximum Gasteiger partial charge on any atom is 0.224 e. The fraction of sp³-hybridized carbons (Fsp3) is 0.136. The van der Waals surface area contributed by atoms with E-state index < -0.39 is 0 Å². The molecule has 150 valence electrons. The van der Waals surface area contributed by atoms with Crippen LogP contribution in [0.1, 0.15) is 12.0 Å².